The van der Waals surface area contributed by atoms with Crippen molar-refractivity contribution in [1.29, 1.82) is 0 Å². The Morgan fingerprint density at radius 2 is 1.79 bits per heavy atom. The lowest BCUT2D eigenvalue weighted by atomic mass is 10.1. The lowest BCUT2D eigenvalue weighted by molar-refractivity contribution is -0.696. The first-order valence-electron chi connectivity index (χ1n) is 6.33. The first-order valence-corrected chi connectivity index (χ1v) is 6.33. The smallest absolute Gasteiger partial charge is 0.169 e. The molecule has 19 heavy (non-hydrogen) atoms. The Kier molecular flexibility index (Phi) is 4.23. The van der Waals surface area contributed by atoms with E-state index in [2.05, 4.69) is 71.5 Å². The van der Waals surface area contributed by atoms with Crippen LogP contribution < -0.4 is 17.0 Å². The van der Waals surface area contributed by atoms with Crippen LogP contribution in [-0.4, -0.2) is 4.98 Å². The van der Waals surface area contributed by atoms with E-state index in [1.54, 1.807) is 0 Å². The number of H-pyrrole nitrogens is 1. The summed E-state index contributed by atoms with van der Waals surface area (Å²) in [6.45, 7) is 3.13. The molecule has 3 heteroatoms. The number of rotatable bonds is 3. The number of nitrogens with one attached hydrogen (secondary N) is 1. The van der Waals surface area contributed by atoms with E-state index < -0.39 is 0 Å². The fourth-order valence-corrected chi connectivity index (χ4v) is 2.27. The second-order valence-electron chi connectivity index (χ2n) is 4.72. The van der Waals surface area contributed by atoms with E-state index in [1.165, 1.54) is 22.0 Å². The number of para-hydroxylation sites is 1. The highest BCUT2D eigenvalue weighted by molar-refractivity contribution is 5.82. The Balaban J connectivity index is 0.00000133. The van der Waals surface area contributed by atoms with Crippen LogP contribution in [0.25, 0.3) is 10.9 Å². The molecule has 0 saturated heterocycles. The molecule has 1 aromatic carbocycles. The molecular weight excluding hydrogens is 256 g/mol. The Bertz CT molecular complexity index is 656. The van der Waals surface area contributed by atoms with Crippen LogP contribution in [0.3, 0.4) is 0 Å². The highest BCUT2D eigenvalue weighted by atomic mass is 35.5. The minimum atomic E-state index is 0. The third-order valence-electron chi connectivity index (χ3n) is 3.37. The second kappa shape index (κ2) is 5.89. The van der Waals surface area contributed by atoms with Crippen molar-refractivity contribution in [3.63, 3.8) is 0 Å². The van der Waals surface area contributed by atoms with E-state index in [0.717, 1.165) is 13.0 Å². The zero-order chi connectivity index (χ0) is 12.4. The van der Waals surface area contributed by atoms with Gasteiger partial charge in [0.15, 0.2) is 18.9 Å². The molecular formula is C16H17ClN2. The topological polar surface area (TPSA) is 19.7 Å². The van der Waals surface area contributed by atoms with Crippen molar-refractivity contribution in [1.82, 2.24) is 4.98 Å². The zero-order valence-electron chi connectivity index (χ0n) is 10.9. The van der Waals surface area contributed by atoms with E-state index in [-0.39, 0.29) is 12.4 Å². The third-order valence-corrected chi connectivity index (χ3v) is 3.37. The summed E-state index contributed by atoms with van der Waals surface area (Å²) in [6, 6.07) is 12.8. The van der Waals surface area contributed by atoms with Crippen LogP contribution in [0.1, 0.15) is 11.1 Å². The van der Waals surface area contributed by atoms with Crippen LogP contribution in [0.4, 0.5) is 0 Å². The van der Waals surface area contributed by atoms with Gasteiger partial charge in [-0.2, -0.15) is 0 Å². The minimum absolute atomic E-state index is 0. The maximum Gasteiger partial charge on any atom is 0.169 e. The number of pyridine rings is 1. The van der Waals surface area contributed by atoms with Crippen LogP contribution >= 0.6 is 0 Å². The molecule has 0 spiro atoms. The quantitative estimate of drug-likeness (QED) is 0.649. The molecule has 0 aliphatic heterocycles. The average molecular weight is 273 g/mol. The van der Waals surface area contributed by atoms with Gasteiger partial charge in [0.1, 0.15) is 0 Å². The summed E-state index contributed by atoms with van der Waals surface area (Å²) in [6.07, 6.45) is 7.46. The summed E-state index contributed by atoms with van der Waals surface area (Å²) in [5.74, 6) is 0. The maximum absolute atomic E-state index is 3.32. The molecule has 98 valence electrons. The highest BCUT2D eigenvalue weighted by Gasteiger charge is 2.05. The van der Waals surface area contributed by atoms with Gasteiger partial charge < -0.3 is 17.4 Å². The van der Waals surface area contributed by atoms with Crippen LogP contribution in [0.2, 0.25) is 0 Å². The summed E-state index contributed by atoms with van der Waals surface area (Å²) in [4.78, 5) is 3.32. The summed E-state index contributed by atoms with van der Waals surface area (Å²) in [5, 5.41) is 1.34. The molecule has 1 N–H and O–H groups in total. The van der Waals surface area contributed by atoms with Gasteiger partial charge in [-0.15, -0.1) is 0 Å². The van der Waals surface area contributed by atoms with Crippen molar-refractivity contribution in [2.24, 2.45) is 0 Å². The SMILES string of the molecule is Cc1cc[n+](CCc2c[nH]c3ccccc23)cc1.[Cl-]. The molecule has 0 radical (unpaired) electrons. The number of hydrogen-bond donors (Lipinski definition) is 1. The van der Waals surface area contributed by atoms with Gasteiger partial charge in [-0.3, -0.25) is 0 Å². The number of aromatic amines is 1. The van der Waals surface area contributed by atoms with E-state index in [4.69, 9.17) is 0 Å². The van der Waals surface area contributed by atoms with Crippen LogP contribution in [0.5, 0.6) is 0 Å². The molecule has 2 nitrogen and oxygen atoms in total. The monoisotopic (exact) mass is 272 g/mol. The van der Waals surface area contributed by atoms with E-state index >= 15 is 0 Å². The van der Waals surface area contributed by atoms with Gasteiger partial charge in [0.25, 0.3) is 0 Å². The van der Waals surface area contributed by atoms with Crippen LogP contribution in [0.15, 0.2) is 55.0 Å². The van der Waals surface area contributed by atoms with Crippen LogP contribution in [-0.2, 0) is 13.0 Å². The van der Waals surface area contributed by atoms with Crippen molar-refractivity contribution < 1.29 is 17.0 Å². The van der Waals surface area contributed by atoms with Gasteiger partial charge >= 0.3 is 0 Å². The Labute approximate surface area is 119 Å². The average Bonchev–Trinajstić information content (AvgIpc) is 2.82. The summed E-state index contributed by atoms with van der Waals surface area (Å²) < 4.78 is 2.23. The fraction of sp³-hybridized carbons (Fsp3) is 0.188. The van der Waals surface area contributed by atoms with E-state index in [0.29, 0.717) is 0 Å². The number of aromatic nitrogens is 2. The van der Waals surface area contributed by atoms with Crippen molar-refractivity contribution in [3.05, 3.63) is 66.1 Å². The second-order valence-corrected chi connectivity index (χ2v) is 4.72. The van der Waals surface area contributed by atoms with Crippen molar-refractivity contribution in [3.8, 4) is 0 Å². The van der Waals surface area contributed by atoms with Crippen molar-refractivity contribution in [2.75, 3.05) is 0 Å². The standard InChI is InChI=1S/C16H17N2.ClH/c1-13-6-9-18(10-7-13)11-8-14-12-17-16-5-3-2-4-15(14)16;/h2-7,9-10,12,17H,8,11H2,1H3;1H/q+1;/p-1. The molecule has 2 aromatic heterocycles. The van der Waals surface area contributed by atoms with Gasteiger partial charge in [-0.25, -0.2) is 4.57 Å². The number of nitrogens with zero attached hydrogens (tertiary/aromatic N) is 1. The molecule has 0 fully saturated rings. The molecule has 2 heterocycles. The van der Waals surface area contributed by atoms with E-state index in [1.807, 2.05) is 0 Å². The van der Waals surface area contributed by atoms with Gasteiger partial charge in [-0.05, 0) is 24.1 Å². The third kappa shape index (κ3) is 2.96. The molecule has 0 aliphatic carbocycles. The van der Waals surface area contributed by atoms with Crippen molar-refractivity contribution in [2.45, 2.75) is 19.9 Å². The number of fused-ring (bicyclic) bond motifs is 1. The van der Waals surface area contributed by atoms with Gasteiger partial charge in [0, 0.05) is 35.7 Å². The molecule has 3 aromatic rings. The van der Waals surface area contributed by atoms with Crippen LogP contribution in [0, 0.1) is 6.92 Å². The Hall–Kier alpha value is -1.80. The first-order chi connectivity index (χ1) is 8.83. The normalized spacial score (nSPS) is 10.4. The predicted octanol–water partition coefficient (Wildman–Crippen LogP) is 0.0105. The van der Waals surface area contributed by atoms with Gasteiger partial charge in [0.2, 0.25) is 0 Å². The maximum atomic E-state index is 3.32. The first kappa shape index (κ1) is 13.6. The molecule has 3 rings (SSSR count). The lowest BCUT2D eigenvalue weighted by Crippen LogP contribution is -3.00. The number of hydrogen-bond acceptors (Lipinski definition) is 0. The minimum Gasteiger partial charge on any atom is -1.00 e. The molecule has 0 saturated carbocycles. The highest BCUT2D eigenvalue weighted by Crippen LogP contribution is 2.17. The summed E-state index contributed by atoms with van der Waals surface area (Å²) >= 11 is 0. The number of aryl methyl sites for hydroxylation is 3. The number of benzene rings is 1. The predicted molar refractivity (Wildman–Crippen MR) is 73.4 cm³/mol. The zero-order valence-corrected chi connectivity index (χ0v) is 11.7. The lowest BCUT2D eigenvalue weighted by Gasteiger charge is -1.98. The van der Waals surface area contributed by atoms with Gasteiger partial charge in [0.05, 0.1) is 0 Å². The van der Waals surface area contributed by atoms with Gasteiger partial charge in [-0.1, -0.05) is 18.2 Å². The largest absolute Gasteiger partial charge is 1.00 e. The van der Waals surface area contributed by atoms with Crippen molar-refractivity contribution >= 4 is 10.9 Å². The molecule has 0 amide bonds. The number of halogens is 1. The Morgan fingerprint density at radius 3 is 2.58 bits per heavy atom. The fourth-order valence-electron chi connectivity index (χ4n) is 2.27. The molecule has 0 bridgehead atoms. The summed E-state index contributed by atoms with van der Waals surface area (Å²) in [7, 11) is 0. The molecule has 0 unspecified atom stereocenters. The molecule has 0 atom stereocenters. The molecule has 0 aliphatic rings. The summed E-state index contributed by atoms with van der Waals surface area (Å²) in [5.41, 5.74) is 3.92. The Morgan fingerprint density at radius 1 is 1.05 bits per heavy atom. The van der Waals surface area contributed by atoms with E-state index in [9.17, 15) is 0 Å².